The summed E-state index contributed by atoms with van der Waals surface area (Å²) in [5.41, 5.74) is 6.33. The van der Waals surface area contributed by atoms with Crippen molar-refractivity contribution in [2.75, 3.05) is 13.2 Å². The first-order valence-corrected chi connectivity index (χ1v) is 6.55. The van der Waals surface area contributed by atoms with Crippen LogP contribution >= 0.6 is 0 Å². The van der Waals surface area contributed by atoms with Crippen LogP contribution in [0.2, 0.25) is 0 Å². The van der Waals surface area contributed by atoms with Crippen molar-refractivity contribution in [3.63, 3.8) is 0 Å². The molecule has 1 aliphatic carbocycles. The number of hydrogen-bond acceptors (Lipinski definition) is 3. The van der Waals surface area contributed by atoms with E-state index < -0.39 is 0 Å². The average Bonchev–Trinajstić information content (AvgIpc) is 2.24. The zero-order chi connectivity index (χ0) is 12.2. The van der Waals surface area contributed by atoms with E-state index in [1.165, 1.54) is 0 Å². The van der Waals surface area contributed by atoms with E-state index in [0.717, 1.165) is 19.3 Å². The van der Waals surface area contributed by atoms with Gasteiger partial charge in [-0.1, -0.05) is 13.8 Å². The first-order valence-electron chi connectivity index (χ1n) is 6.55. The zero-order valence-electron chi connectivity index (χ0n) is 11.2. The second-order valence-corrected chi connectivity index (χ2v) is 5.06. The summed E-state index contributed by atoms with van der Waals surface area (Å²) in [4.78, 5) is 0. The molecule has 0 aromatic heterocycles. The Labute approximate surface area is 99.7 Å². The largest absolute Gasteiger partial charge is 0.376 e. The molecule has 96 valence electrons. The van der Waals surface area contributed by atoms with Gasteiger partial charge in [-0.3, -0.25) is 0 Å². The van der Waals surface area contributed by atoms with Crippen LogP contribution in [0.1, 0.15) is 47.0 Å². The Balaban J connectivity index is 2.27. The molecule has 0 aromatic carbocycles. The summed E-state index contributed by atoms with van der Waals surface area (Å²) in [6.45, 7) is 9.89. The van der Waals surface area contributed by atoms with Crippen LogP contribution < -0.4 is 5.73 Å². The van der Waals surface area contributed by atoms with Gasteiger partial charge in [0.15, 0.2) is 0 Å². The predicted molar refractivity (Wildman–Crippen MR) is 66.4 cm³/mol. The fraction of sp³-hybridized carbons (Fsp3) is 1.00. The van der Waals surface area contributed by atoms with Crippen LogP contribution in [0.25, 0.3) is 0 Å². The van der Waals surface area contributed by atoms with Crippen molar-refractivity contribution in [2.45, 2.75) is 65.2 Å². The topological polar surface area (TPSA) is 44.5 Å². The van der Waals surface area contributed by atoms with E-state index in [0.29, 0.717) is 25.4 Å². The third-order valence-corrected chi connectivity index (χ3v) is 4.02. The number of hydrogen-bond donors (Lipinski definition) is 1. The maximum Gasteiger partial charge on any atom is 0.0704 e. The van der Waals surface area contributed by atoms with E-state index >= 15 is 0 Å². The minimum Gasteiger partial charge on any atom is -0.376 e. The molecule has 0 heterocycles. The van der Waals surface area contributed by atoms with Gasteiger partial charge in [-0.25, -0.2) is 0 Å². The monoisotopic (exact) mass is 229 g/mol. The summed E-state index contributed by atoms with van der Waals surface area (Å²) >= 11 is 0. The average molecular weight is 229 g/mol. The third kappa shape index (κ3) is 2.76. The van der Waals surface area contributed by atoms with E-state index in [1.54, 1.807) is 0 Å². The lowest BCUT2D eigenvalue weighted by Gasteiger charge is -2.53. The lowest BCUT2D eigenvalue weighted by atomic mass is 9.59. The van der Waals surface area contributed by atoms with Crippen molar-refractivity contribution in [2.24, 2.45) is 11.1 Å². The summed E-state index contributed by atoms with van der Waals surface area (Å²) in [6.07, 6.45) is 3.85. The van der Waals surface area contributed by atoms with Crippen molar-refractivity contribution < 1.29 is 9.47 Å². The molecule has 0 saturated heterocycles. The highest BCUT2D eigenvalue weighted by Crippen LogP contribution is 2.47. The summed E-state index contributed by atoms with van der Waals surface area (Å²) in [5, 5.41) is 0. The highest BCUT2D eigenvalue weighted by Gasteiger charge is 2.51. The van der Waals surface area contributed by atoms with Crippen molar-refractivity contribution in [3.05, 3.63) is 0 Å². The Morgan fingerprint density at radius 3 is 2.31 bits per heavy atom. The summed E-state index contributed by atoms with van der Waals surface area (Å²) in [5.74, 6) is 0. The molecule has 0 bridgehead atoms. The van der Waals surface area contributed by atoms with Gasteiger partial charge in [0.05, 0.1) is 25.4 Å². The molecule has 16 heavy (non-hydrogen) atoms. The molecule has 1 aliphatic rings. The van der Waals surface area contributed by atoms with Crippen molar-refractivity contribution in [1.82, 2.24) is 0 Å². The second-order valence-electron chi connectivity index (χ2n) is 5.06. The number of rotatable bonds is 7. The SMILES string of the molecule is CCC1(CC)C(N)CC1OCCOC(C)C. The van der Waals surface area contributed by atoms with E-state index in [-0.39, 0.29) is 11.5 Å². The molecule has 1 fully saturated rings. The third-order valence-electron chi connectivity index (χ3n) is 4.02. The van der Waals surface area contributed by atoms with Gasteiger partial charge in [-0.15, -0.1) is 0 Å². The molecule has 3 nitrogen and oxygen atoms in total. The lowest BCUT2D eigenvalue weighted by molar-refractivity contribution is -0.141. The molecular weight excluding hydrogens is 202 g/mol. The molecule has 0 spiro atoms. The molecule has 2 N–H and O–H groups in total. The Kier molecular flexibility index (Phi) is 5.22. The second kappa shape index (κ2) is 5.99. The van der Waals surface area contributed by atoms with E-state index in [2.05, 4.69) is 13.8 Å². The predicted octanol–water partition coefficient (Wildman–Crippen LogP) is 2.33. The van der Waals surface area contributed by atoms with Crippen molar-refractivity contribution >= 4 is 0 Å². The van der Waals surface area contributed by atoms with Gasteiger partial charge in [-0.2, -0.15) is 0 Å². The first-order chi connectivity index (χ1) is 7.56. The van der Waals surface area contributed by atoms with E-state index in [9.17, 15) is 0 Å². The van der Waals surface area contributed by atoms with Gasteiger partial charge in [0.2, 0.25) is 0 Å². The minimum absolute atomic E-state index is 0.220. The normalized spacial score (nSPS) is 28.1. The maximum atomic E-state index is 6.11. The van der Waals surface area contributed by atoms with Gasteiger partial charge in [0.1, 0.15) is 0 Å². The molecule has 0 radical (unpaired) electrons. The van der Waals surface area contributed by atoms with Gasteiger partial charge in [0.25, 0.3) is 0 Å². The van der Waals surface area contributed by atoms with E-state index in [4.69, 9.17) is 15.2 Å². The highest BCUT2D eigenvalue weighted by atomic mass is 16.5. The molecule has 0 aliphatic heterocycles. The Morgan fingerprint density at radius 1 is 1.25 bits per heavy atom. The van der Waals surface area contributed by atoms with E-state index in [1.807, 2.05) is 13.8 Å². The fourth-order valence-corrected chi connectivity index (χ4v) is 2.72. The van der Waals surface area contributed by atoms with Crippen LogP contribution in [0.5, 0.6) is 0 Å². The Hall–Kier alpha value is -0.120. The first kappa shape index (κ1) is 13.9. The van der Waals surface area contributed by atoms with Gasteiger partial charge < -0.3 is 15.2 Å². The van der Waals surface area contributed by atoms with Crippen LogP contribution in [0.4, 0.5) is 0 Å². The van der Waals surface area contributed by atoms with Crippen LogP contribution in [-0.4, -0.2) is 31.5 Å². The summed E-state index contributed by atoms with van der Waals surface area (Å²) < 4.78 is 11.4. The highest BCUT2D eigenvalue weighted by molar-refractivity contribution is 5.05. The van der Waals surface area contributed by atoms with Gasteiger partial charge in [-0.05, 0) is 33.1 Å². The van der Waals surface area contributed by atoms with Crippen LogP contribution in [0, 0.1) is 5.41 Å². The Morgan fingerprint density at radius 2 is 1.88 bits per heavy atom. The van der Waals surface area contributed by atoms with Crippen molar-refractivity contribution in [1.29, 1.82) is 0 Å². The molecule has 2 atom stereocenters. The minimum atomic E-state index is 0.220. The molecule has 0 amide bonds. The fourth-order valence-electron chi connectivity index (χ4n) is 2.72. The molecule has 3 heteroatoms. The zero-order valence-corrected chi connectivity index (χ0v) is 11.2. The lowest BCUT2D eigenvalue weighted by Crippen LogP contribution is -2.61. The van der Waals surface area contributed by atoms with Gasteiger partial charge >= 0.3 is 0 Å². The van der Waals surface area contributed by atoms with Crippen LogP contribution in [0.3, 0.4) is 0 Å². The Bertz CT molecular complexity index is 202. The standard InChI is InChI=1S/C13H27NO2/c1-5-13(6-2)11(14)9-12(13)16-8-7-15-10(3)4/h10-12H,5-9,14H2,1-4H3. The van der Waals surface area contributed by atoms with Crippen LogP contribution in [-0.2, 0) is 9.47 Å². The number of ether oxygens (including phenoxy) is 2. The molecule has 1 rings (SSSR count). The molecule has 2 unspecified atom stereocenters. The summed E-state index contributed by atoms with van der Waals surface area (Å²) in [7, 11) is 0. The number of nitrogens with two attached hydrogens (primary N) is 1. The smallest absolute Gasteiger partial charge is 0.0704 e. The maximum absolute atomic E-state index is 6.11. The van der Waals surface area contributed by atoms with Crippen LogP contribution in [0.15, 0.2) is 0 Å². The quantitative estimate of drug-likeness (QED) is 0.681. The molecule has 0 aromatic rings. The van der Waals surface area contributed by atoms with Crippen molar-refractivity contribution in [3.8, 4) is 0 Å². The molecular formula is C13H27NO2. The molecule has 1 saturated carbocycles. The van der Waals surface area contributed by atoms with Gasteiger partial charge in [0, 0.05) is 11.5 Å². The summed E-state index contributed by atoms with van der Waals surface area (Å²) in [6, 6.07) is 0.318.